The predicted octanol–water partition coefficient (Wildman–Crippen LogP) is 3.48. The topological polar surface area (TPSA) is 12.0 Å². The molecule has 86 valence electrons. The quantitative estimate of drug-likeness (QED) is 0.814. The minimum absolute atomic E-state index is 0.841. The van der Waals surface area contributed by atoms with E-state index in [0.717, 1.165) is 5.92 Å². The Labute approximate surface area is 98.6 Å². The number of rotatable bonds is 3. The Bertz CT molecular complexity index is 334. The first-order valence-corrected chi connectivity index (χ1v) is 6.27. The molecule has 1 atom stereocenters. The molecule has 0 spiro atoms. The average molecular weight is 215 g/mol. The molecule has 0 radical (unpaired) electrons. The van der Waals surface area contributed by atoms with Crippen LogP contribution in [0, 0.1) is 5.92 Å². The van der Waals surface area contributed by atoms with E-state index < -0.39 is 0 Å². The zero-order valence-electron chi connectivity index (χ0n) is 10.1. The third-order valence-corrected chi connectivity index (χ3v) is 3.22. The van der Waals surface area contributed by atoms with Gasteiger partial charge in [0.05, 0.1) is 0 Å². The molecule has 1 heteroatoms. The summed E-state index contributed by atoms with van der Waals surface area (Å²) in [6.07, 6.45) is 6.27. The summed E-state index contributed by atoms with van der Waals surface area (Å²) in [7, 11) is 0. The molecule has 2 rings (SSSR count). The van der Waals surface area contributed by atoms with Crippen LogP contribution in [0.25, 0.3) is 6.08 Å². The first kappa shape index (κ1) is 11.4. The minimum Gasteiger partial charge on any atom is -0.316 e. The van der Waals surface area contributed by atoms with Crippen molar-refractivity contribution in [2.75, 3.05) is 13.1 Å². The lowest BCUT2D eigenvalue weighted by atomic mass is 9.92. The van der Waals surface area contributed by atoms with Crippen LogP contribution in [-0.4, -0.2) is 13.1 Å². The van der Waals surface area contributed by atoms with E-state index in [1.807, 2.05) is 0 Å². The molecular formula is C15H21N. The second-order valence-electron chi connectivity index (χ2n) is 4.82. The van der Waals surface area contributed by atoms with E-state index in [9.17, 15) is 0 Å². The van der Waals surface area contributed by atoms with Gasteiger partial charge in [-0.2, -0.15) is 0 Å². The summed E-state index contributed by atoms with van der Waals surface area (Å²) in [5.74, 6) is 0.841. The molecule has 1 saturated heterocycles. The summed E-state index contributed by atoms with van der Waals surface area (Å²) in [5, 5.41) is 3.48. The van der Waals surface area contributed by atoms with Crippen molar-refractivity contribution in [1.82, 2.24) is 5.32 Å². The second-order valence-corrected chi connectivity index (χ2v) is 4.82. The third-order valence-electron chi connectivity index (χ3n) is 3.22. The van der Waals surface area contributed by atoms with Crippen molar-refractivity contribution in [2.45, 2.75) is 26.2 Å². The van der Waals surface area contributed by atoms with Gasteiger partial charge in [-0.3, -0.25) is 0 Å². The van der Waals surface area contributed by atoms with E-state index in [1.165, 1.54) is 43.5 Å². The van der Waals surface area contributed by atoms with Gasteiger partial charge in [0.15, 0.2) is 0 Å². The number of piperidine rings is 1. The van der Waals surface area contributed by atoms with Crippen LogP contribution in [0.4, 0.5) is 0 Å². The maximum atomic E-state index is 3.48. The average Bonchev–Trinajstić information content (AvgIpc) is 2.31. The highest BCUT2D eigenvalue weighted by molar-refractivity contribution is 5.51. The Morgan fingerprint density at radius 1 is 1.38 bits per heavy atom. The molecule has 1 aromatic carbocycles. The van der Waals surface area contributed by atoms with Crippen LogP contribution in [0.2, 0.25) is 0 Å². The second kappa shape index (κ2) is 5.86. The third kappa shape index (κ3) is 3.49. The minimum atomic E-state index is 0.841. The summed E-state index contributed by atoms with van der Waals surface area (Å²) in [5.41, 5.74) is 2.82. The van der Waals surface area contributed by atoms with Crippen molar-refractivity contribution < 1.29 is 0 Å². The molecule has 1 aliphatic heterocycles. The molecule has 0 saturated carbocycles. The summed E-state index contributed by atoms with van der Waals surface area (Å²) in [6, 6.07) is 10.6. The van der Waals surface area contributed by atoms with E-state index in [-0.39, 0.29) is 0 Å². The monoisotopic (exact) mass is 215 g/mol. The zero-order valence-corrected chi connectivity index (χ0v) is 10.1. The smallest absolute Gasteiger partial charge is 0.00174 e. The van der Waals surface area contributed by atoms with E-state index in [1.54, 1.807) is 0 Å². The molecule has 0 amide bonds. The van der Waals surface area contributed by atoms with Crippen molar-refractivity contribution in [2.24, 2.45) is 5.92 Å². The molecule has 1 heterocycles. The Morgan fingerprint density at radius 2 is 2.19 bits per heavy atom. The van der Waals surface area contributed by atoms with Gasteiger partial charge in [0.2, 0.25) is 0 Å². The van der Waals surface area contributed by atoms with E-state index in [0.29, 0.717) is 0 Å². The highest BCUT2D eigenvalue weighted by Gasteiger charge is 2.12. The Morgan fingerprint density at radius 3 is 2.88 bits per heavy atom. The Balaban J connectivity index is 1.91. The fourth-order valence-electron chi connectivity index (χ4n) is 2.45. The van der Waals surface area contributed by atoms with Crippen LogP contribution < -0.4 is 5.32 Å². The first-order valence-electron chi connectivity index (χ1n) is 6.27. The number of benzene rings is 1. The van der Waals surface area contributed by atoms with E-state index >= 15 is 0 Å². The molecule has 1 nitrogen and oxygen atoms in total. The maximum absolute atomic E-state index is 3.48. The van der Waals surface area contributed by atoms with Gasteiger partial charge in [-0.1, -0.05) is 42.0 Å². The van der Waals surface area contributed by atoms with Gasteiger partial charge in [-0.25, -0.2) is 0 Å². The van der Waals surface area contributed by atoms with Gasteiger partial charge >= 0.3 is 0 Å². The van der Waals surface area contributed by atoms with Crippen molar-refractivity contribution in [3.05, 3.63) is 41.5 Å². The van der Waals surface area contributed by atoms with Crippen molar-refractivity contribution in [3.63, 3.8) is 0 Å². The molecule has 1 aromatic rings. The van der Waals surface area contributed by atoms with Crippen LogP contribution in [0.3, 0.4) is 0 Å². The van der Waals surface area contributed by atoms with Crippen molar-refractivity contribution >= 4 is 6.08 Å². The highest BCUT2D eigenvalue weighted by Crippen LogP contribution is 2.20. The molecule has 0 bridgehead atoms. The number of nitrogens with one attached hydrogen (secondary N) is 1. The van der Waals surface area contributed by atoms with E-state index in [2.05, 4.69) is 48.6 Å². The zero-order chi connectivity index (χ0) is 11.2. The normalized spacial score (nSPS) is 22.1. The van der Waals surface area contributed by atoms with Crippen LogP contribution in [0.1, 0.15) is 31.7 Å². The summed E-state index contributed by atoms with van der Waals surface area (Å²) in [6.45, 7) is 4.65. The molecule has 1 N–H and O–H groups in total. The van der Waals surface area contributed by atoms with Crippen LogP contribution in [0.15, 0.2) is 35.9 Å². The van der Waals surface area contributed by atoms with Crippen LogP contribution in [0.5, 0.6) is 0 Å². The summed E-state index contributed by atoms with van der Waals surface area (Å²) < 4.78 is 0. The summed E-state index contributed by atoms with van der Waals surface area (Å²) >= 11 is 0. The van der Waals surface area contributed by atoms with Crippen LogP contribution in [-0.2, 0) is 0 Å². The lowest BCUT2D eigenvalue weighted by Crippen LogP contribution is -2.29. The number of hydrogen-bond acceptors (Lipinski definition) is 1. The van der Waals surface area contributed by atoms with Gasteiger partial charge < -0.3 is 5.32 Å². The number of allylic oxidation sites excluding steroid dienone is 1. The Hall–Kier alpha value is -1.08. The molecule has 0 aliphatic carbocycles. The molecule has 1 aliphatic rings. The van der Waals surface area contributed by atoms with Gasteiger partial charge in [-0.15, -0.1) is 0 Å². The fourth-order valence-corrected chi connectivity index (χ4v) is 2.45. The predicted molar refractivity (Wildman–Crippen MR) is 70.3 cm³/mol. The van der Waals surface area contributed by atoms with Gasteiger partial charge in [-0.05, 0) is 50.8 Å². The molecule has 1 fully saturated rings. The van der Waals surface area contributed by atoms with Crippen molar-refractivity contribution in [1.29, 1.82) is 0 Å². The fraction of sp³-hybridized carbons (Fsp3) is 0.467. The molecule has 1 unspecified atom stereocenters. The van der Waals surface area contributed by atoms with E-state index in [4.69, 9.17) is 0 Å². The molecular weight excluding hydrogens is 194 g/mol. The first-order chi connectivity index (χ1) is 7.84. The SMILES string of the molecule is C/C(=C\c1ccccc1)CC1CCCNC1. The lowest BCUT2D eigenvalue weighted by molar-refractivity contribution is 0.376. The van der Waals surface area contributed by atoms with Crippen molar-refractivity contribution in [3.8, 4) is 0 Å². The highest BCUT2D eigenvalue weighted by atomic mass is 14.9. The Kier molecular flexibility index (Phi) is 4.17. The van der Waals surface area contributed by atoms with Gasteiger partial charge in [0.25, 0.3) is 0 Å². The maximum Gasteiger partial charge on any atom is -0.00174 e. The van der Waals surface area contributed by atoms with Gasteiger partial charge in [0.1, 0.15) is 0 Å². The molecule has 0 aromatic heterocycles. The largest absolute Gasteiger partial charge is 0.316 e. The number of hydrogen-bond donors (Lipinski definition) is 1. The molecule has 16 heavy (non-hydrogen) atoms. The van der Waals surface area contributed by atoms with Crippen LogP contribution >= 0.6 is 0 Å². The summed E-state index contributed by atoms with van der Waals surface area (Å²) in [4.78, 5) is 0. The lowest BCUT2D eigenvalue weighted by Gasteiger charge is -2.22. The van der Waals surface area contributed by atoms with Gasteiger partial charge in [0, 0.05) is 0 Å². The standard InChI is InChI=1S/C15H21N/c1-13(10-14-6-3-2-4-7-14)11-15-8-5-9-16-12-15/h2-4,6-7,10,15-16H,5,8-9,11-12H2,1H3/b13-10+.